The van der Waals surface area contributed by atoms with Crippen LogP contribution in [0.15, 0.2) is 65.1 Å². The number of rotatable bonds is 3. The van der Waals surface area contributed by atoms with Gasteiger partial charge in [0.2, 0.25) is 5.78 Å². The summed E-state index contributed by atoms with van der Waals surface area (Å²) in [5, 5.41) is 10.3. The van der Waals surface area contributed by atoms with E-state index in [2.05, 4.69) is 0 Å². The van der Waals surface area contributed by atoms with Crippen molar-refractivity contribution in [3.05, 3.63) is 72.0 Å². The number of phenolic OH excluding ortho intramolecular Hbond substituents is 1. The fourth-order valence-electron chi connectivity index (χ4n) is 1.99. The molecule has 3 heteroatoms. The first-order valence-electron chi connectivity index (χ1n) is 6.22. The van der Waals surface area contributed by atoms with Gasteiger partial charge in [-0.05, 0) is 35.9 Å². The van der Waals surface area contributed by atoms with Gasteiger partial charge in [-0.25, -0.2) is 0 Å². The maximum absolute atomic E-state index is 12.0. The molecule has 3 rings (SSSR count). The number of hydrogen-bond donors (Lipinski definition) is 1. The highest BCUT2D eigenvalue weighted by Gasteiger charge is 2.08. The largest absolute Gasteiger partial charge is 0.508 e. The number of carbonyl (C=O) groups excluding carboxylic acids is 1. The molecule has 1 heterocycles. The first-order valence-corrected chi connectivity index (χ1v) is 6.22. The van der Waals surface area contributed by atoms with Gasteiger partial charge >= 0.3 is 0 Å². The molecule has 3 aromatic rings. The van der Waals surface area contributed by atoms with Crippen LogP contribution in [0.4, 0.5) is 0 Å². The zero-order valence-corrected chi connectivity index (χ0v) is 10.6. The molecule has 0 amide bonds. The topological polar surface area (TPSA) is 50.4 Å². The Morgan fingerprint density at radius 1 is 1.05 bits per heavy atom. The van der Waals surface area contributed by atoms with Gasteiger partial charge < -0.3 is 9.52 Å². The molecule has 0 saturated carbocycles. The predicted octanol–water partition coefficient (Wildman–Crippen LogP) is 4.03. The smallest absolute Gasteiger partial charge is 0.221 e. The van der Waals surface area contributed by atoms with Gasteiger partial charge in [0.05, 0.1) is 0 Å². The van der Waals surface area contributed by atoms with E-state index in [-0.39, 0.29) is 11.5 Å². The molecule has 3 nitrogen and oxygen atoms in total. The Kier molecular flexibility index (Phi) is 3.09. The monoisotopic (exact) mass is 264 g/mol. The second-order valence-corrected chi connectivity index (χ2v) is 4.44. The van der Waals surface area contributed by atoms with Crippen molar-refractivity contribution >= 4 is 22.8 Å². The van der Waals surface area contributed by atoms with E-state index in [1.165, 1.54) is 6.08 Å². The van der Waals surface area contributed by atoms with E-state index in [0.29, 0.717) is 11.3 Å². The Bertz CT molecular complexity index is 764. The third-order valence-corrected chi connectivity index (χ3v) is 2.97. The highest BCUT2D eigenvalue weighted by atomic mass is 16.3. The minimum atomic E-state index is -0.204. The first kappa shape index (κ1) is 12.2. The van der Waals surface area contributed by atoms with Crippen molar-refractivity contribution in [2.45, 2.75) is 0 Å². The van der Waals surface area contributed by atoms with Crippen LogP contribution >= 0.6 is 0 Å². The fourth-order valence-corrected chi connectivity index (χ4v) is 1.99. The maximum Gasteiger partial charge on any atom is 0.221 e. The molecule has 0 saturated heterocycles. The van der Waals surface area contributed by atoms with E-state index in [0.717, 1.165) is 10.9 Å². The third-order valence-electron chi connectivity index (χ3n) is 2.97. The van der Waals surface area contributed by atoms with Crippen molar-refractivity contribution < 1.29 is 14.3 Å². The van der Waals surface area contributed by atoms with Crippen molar-refractivity contribution in [2.75, 3.05) is 0 Å². The van der Waals surface area contributed by atoms with E-state index in [1.807, 2.05) is 30.3 Å². The number of aromatic hydroxyl groups is 1. The van der Waals surface area contributed by atoms with Crippen molar-refractivity contribution in [1.29, 1.82) is 0 Å². The van der Waals surface area contributed by atoms with Crippen molar-refractivity contribution in [1.82, 2.24) is 0 Å². The summed E-state index contributed by atoms with van der Waals surface area (Å²) in [5.41, 5.74) is 1.45. The van der Waals surface area contributed by atoms with Gasteiger partial charge in [0.1, 0.15) is 11.3 Å². The van der Waals surface area contributed by atoms with E-state index in [4.69, 9.17) is 4.42 Å². The number of benzene rings is 2. The summed E-state index contributed by atoms with van der Waals surface area (Å²) in [4.78, 5) is 12.0. The lowest BCUT2D eigenvalue weighted by atomic mass is 10.1. The van der Waals surface area contributed by atoms with Gasteiger partial charge in [0, 0.05) is 5.39 Å². The summed E-state index contributed by atoms with van der Waals surface area (Å²) in [5.74, 6) is 0.274. The second kappa shape index (κ2) is 5.05. The summed E-state index contributed by atoms with van der Waals surface area (Å²) >= 11 is 0. The van der Waals surface area contributed by atoms with Gasteiger partial charge in [-0.1, -0.05) is 36.4 Å². The average molecular weight is 264 g/mol. The highest BCUT2D eigenvalue weighted by Crippen LogP contribution is 2.20. The standard InChI is InChI=1S/C17H12O3/c18-14-6-3-4-12(10-14)8-9-15(19)17-11-13-5-1-2-7-16(13)20-17/h1-11,18H. The predicted molar refractivity (Wildman–Crippen MR) is 77.7 cm³/mol. The quantitative estimate of drug-likeness (QED) is 0.574. The lowest BCUT2D eigenvalue weighted by Gasteiger charge is -1.94. The number of hydrogen-bond acceptors (Lipinski definition) is 3. The molecule has 0 aliphatic heterocycles. The van der Waals surface area contributed by atoms with Crippen molar-refractivity contribution in [3.8, 4) is 5.75 Å². The SMILES string of the molecule is O=C(C=Cc1cccc(O)c1)c1cc2ccccc2o1. The molecule has 1 N–H and O–H groups in total. The highest BCUT2D eigenvalue weighted by molar-refractivity contribution is 6.06. The van der Waals surface area contributed by atoms with E-state index in [1.54, 1.807) is 30.3 Å². The van der Waals surface area contributed by atoms with Gasteiger partial charge in [-0.2, -0.15) is 0 Å². The summed E-state index contributed by atoms with van der Waals surface area (Å²) in [6.45, 7) is 0. The van der Waals surface area contributed by atoms with E-state index in [9.17, 15) is 9.90 Å². The zero-order chi connectivity index (χ0) is 13.9. The van der Waals surface area contributed by atoms with Crippen LogP contribution in [0.3, 0.4) is 0 Å². The van der Waals surface area contributed by atoms with Crippen LogP contribution in [0.25, 0.3) is 17.0 Å². The molecule has 0 fully saturated rings. The molecule has 0 spiro atoms. The number of ketones is 1. The molecule has 2 aromatic carbocycles. The molecule has 98 valence electrons. The van der Waals surface area contributed by atoms with Crippen LogP contribution in [0.1, 0.15) is 16.1 Å². The summed E-state index contributed by atoms with van der Waals surface area (Å²) in [6, 6.07) is 15.9. The van der Waals surface area contributed by atoms with Crippen LogP contribution in [0, 0.1) is 0 Å². The Hall–Kier alpha value is -2.81. The fraction of sp³-hybridized carbons (Fsp3) is 0. The molecule has 0 unspecified atom stereocenters. The first-order chi connectivity index (χ1) is 9.72. The normalized spacial score (nSPS) is 11.2. The number of para-hydroxylation sites is 1. The van der Waals surface area contributed by atoms with Crippen LogP contribution in [-0.2, 0) is 0 Å². The van der Waals surface area contributed by atoms with Crippen molar-refractivity contribution in [2.24, 2.45) is 0 Å². The number of phenols is 1. The number of furan rings is 1. The molecule has 0 atom stereocenters. The second-order valence-electron chi connectivity index (χ2n) is 4.44. The molecule has 20 heavy (non-hydrogen) atoms. The summed E-state index contributed by atoms with van der Waals surface area (Å²) in [7, 11) is 0. The number of fused-ring (bicyclic) bond motifs is 1. The molecule has 0 radical (unpaired) electrons. The Labute approximate surface area is 115 Å². The maximum atomic E-state index is 12.0. The molecule has 1 aromatic heterocycles. The van der Waals surface area contributed by atoms with Gasteiger partial charge in [0.15, 0.2) is 5.76 Å². The Morgan fingerprint density at radius 3 is 2.70 bits per heavy atom. The van der Waals surface area contributed by atoms with Gasteiger partial charge in [-0.3, -0.25) is 4.79 Å². The molecular formula is C17H12O3. The van der Waals surface area contributed by atoms with Crippen LogP contribution in [0.2, 0.25) is 0 Å². The summed E-state index contributed by atoms with van der Waals surface area (Å²) < 4.78 is 5.49. The average Bonchev–Trinajstić information content (AvgIpc) is 2.89. The van der Waals surface area contributed by atoms with Gasteiger partial charge in [0.25, 0.3) is 0 Å². The summed E-state index contributed by atoms with van der Waals surface area (Å²) in [6.07, 6.45) is 3.09. The third kappa shape index (κ3) is 2.47. The minimum absolute atomic E-state index is 0.170. The van der Waals surface area contributed by atoms with Crippen LogP contribution in [-0.4, -0.2) is 10.9 Å². The molecule has 0 bridgehead atoms. The van der Waals surface area contributed by atoms with Crippen LogP contribution in [0.5, 0.6) is 5.75 Å². The zero-order valence-electron chi connectivity index (χ0n) is 10.6. The van der Waals surface area contributed by atoms with E-state index >= 15 is 0 Å². The lowest BCUT2D eigenvalue weighted by molar-refractivity contribution is 0.102. The number of allylic oxidation sites excluding steroid dienone is 1. The molecule has 0 aliphatic rings. The van der Waals surface area contributed by atoms with Gasteiger partial charge in [-0.15, -0.1) is 0 Å². The lowest BCUT2D eigenvalue weighted by Crippen LogP contribution is -1.90. The minimum Gasteiger partial charge on any atom is -0.508 e. The van der Waals surface area contributed by atoms with Crippen molar-refractivity contribution in [3.63, 3.8) is 0 Å². The molecule has 0 aliphatic carbocycles. The molecular weight excluding hydrogens is 252 g/mol. The Morgan fingerprint density at radius 2 is 1.90 bits per heavy atom. The Balaban J connectivity index is 1.85. The van der Waals surface area contributed by atoms with Crippen LogP contribution < -0.4 is 0 Å². The number of carbonyl (C=O) groups is 1. The van der Waals surface area contributed by atoms with E-state index < -0.39 is 0 Å².